The fourth-order valence-electron chi connectivity index (χ4n) is 4.00. The highest BCUT2D eigenvalue weighted by Gasteiger charge is 2.09. The van der Waals surface area contributed by atoms with Gasteiger partial charge in [-0.25, -0.2) is 0 Å². The van der Waals surface area contributed by atoms with Crippen LogP contribution in [-0.4, -0.2) is 10.8 Å². The normalized spacial score (nSPS) is 11.5. The predicted octanol–water partition coefficient (Wildman–Crippen LogP) is 7.14. The Morgan fingerprint density at radius 3 is 2.32 bits per heavy atom. The van der Waals surface area contributed by atoms with Gasteiger partial charge in [-0.05, 0) is 66.6 Å². The van der Waals surface area contributed by atoms with E-state index in [0.29, 0.717) is 6.61 Å². The van der Waals surface area contributed by atoms with Gasteiger partial charge in [-0.1, -0.05) is 48.5 Å². The summed E-state index contributed by atoms with van der Waals surface area (Å²) >= 11 is 0. The summed E-state index contributed by atoms with van der Waals surface area (Å²) < 4.78 is 8.22. The van der Waals surface area contributed by atoms with Gasteiger partial charge < -0.3 is 9.30 Å². The lowest BCUT2D eigenvalue weighted by molar-refractivity contribution is 0.306. The highest BCUT2D eigenvalue weighted by molar-refractivity contribution is 6.09. The van der Waals surface area contributed by atoms with Crippen LogP contribution in [0.1, 0.15) is 18.1 Å². The average molecular weight is 405 g/mol. The lowest BCUT2D eigenvalue weighted by Crippen LogP contribution is -1.95. The quantitative estimate of drug-likeness (QED) is 0.276. The zero-order chi connectivity index (χ0) is 21.0. The van der Waals surface area contributed by atoms with Gasteiger partial charge >= 0.3 is 0 Å². The number of ether oxygens (including phenoxy) is 1. The first-order valence-electron chi connectivity index (χ1n) is 10.6. The highest BCUT2D eigenvalue weighted by atomic mass is 16.5. The minimum absolute atomic E-state index is 0.569. The molecule has 0 spiro atoms. The van der Waals surface area contributed by atoms with Gasteiger partial charge in [0.25, 0.3) is 0 Å². The minimum atomic E-state index is 0.569. The van der Waals surface area contributed by atoms with E-state index in [0.717, 1.165) is 29.1 Å². The number of hydrogen-bond acceptors (Lipinski definition) is 2. The molecule has 5 aromatic rings. The summed E-state index contributed by atoms with van der Waals surface area (Å²) in [5.41, 5.74) is 5.68. The summed E-state index contributed by atoms with van der Waals surface area (Å²) in [6.07, 6.45) is 1.90. The number of aromatic nitrogens is 1. The molecular formula is C28H24N2O. The number of rotatable bonds is 6. The van der Waals surface area contributed by atoms with Gasteiger partial charge in [0.05, 0.1) is 5.69 Å². The summed E-state index contributed by atoms with van der Waals surface area (Å²) in [5.74, 6) is 0.856. The molecule has 0 atom stereocenters. The Bertz CT molecular complexity index is 1350. The Morgan fingerprint density at radius 1 is 0.774 bits per heavy atom. The van der Waals surface area contributed by atoms with Gasteiger partial charge in [0.2, 0.25) is 0 Å². The van der Waals surface area contributed by atoms with E-state index < -0.39 is 0 Å². The fourth-order valence-corrected chi connectivity index (χ4v) is 4.00. The van der Waals surface area contributed by atoms with Crippen molar-refractivity contribution in [2.45, 2.75) is 20.1 Å². The summed E-state index contributed by atoms with van der Waals surface area (Å²) in [5, 5.41) is 2.52. The Kier molecular flexibility index (Phi) is 5.24. The first kappa shape index (κ1) is 19.1. The van der Waals surface area contributed by atoms with Gasteiger partial charge in [0.15, 0.2) is 0 Å². The second kappa shape index (κ2) is 8.49. The second-order valence-electron chi connectivity index (χ2n) is 7.56. The van der Waals surface area contributed by atoms with Crippen LogP contribution in [0.25, 0.3) is 21.8 Å². The van der Waals surface area contributed by atoms with E-state index in [1.807, 2.05) is 48.7 Å². The molecule has 5 rings (SSSR count). The molecule has 1 heterocycles. The Balaban J connectivity index is 1.34. The third-order valence-corrected chi connectivity index (χ3v) is 5.56. The molecule has 3 nitrogen and oxygen atoms in total. The number of benzene rings is 4. The van der Waals surface area contributed by atoms with Gasteiger partial charge in [-0.3, -0.25) is 4.99 Å². The van der Waals surface area contributed by atoms with Gasteiger partial charge in [-0.15, -0.1) is 0 Å². The zero-order valence-corrected chi connectivity index (χ0v) is 17.5. The molecular weight excluding hydrogens is 380 g/mol. The molecule has 0 N–H and O–H groups in total. The van der Waals surface area contributed by atoms with Crippen LogP contribution in [0.15, 0.2) is 102 Å². The summed E-state index contributed by atoms with van der Waals surface area (Å²) in [6, 6.07) is 33.2. The smallest absolute Gasteiger partial charge is 0.119 e. The van der Waals surface area contributed by atoms with Crippen molar-refractivity contribution in [1.29, 1.82) is 0 Å². The molecule has 1 aromatic heterocycles. The van der Waals surface area contributed by atoms with E-state index in [1.54, 1.807) is 0 Å². The van der Waals surface area contributed by atoms with E-state index in [-0.39, 0.29) is 0 Å². The topological polar surface area (TPSA) is 26.5 Å². The number of hydrogen-bond donors (Lipinski definition) is 0. The lowest BCUT2D eigenvalue weighted by Gasteiger charge is -2.06. The number of para-hydroxylation sites is 1. The van der Waals surface area contributed by atoms with Crippen molar-refractivity contribution in [1.82, 2.24) is 4.57 Å². The van der Waals surface area contributed by atoms with E-state index >= 15 is 0 Å². The van der Waals surface area contributed by atoms with Crippen molar-refractivity contribution in [2.24, 2.45) is 4.99 Å². The van der Waals surface area contributed by atoms with Gasteiger partial charge in [0, 0.05) is 34.6 Å². The van der Waals surface area contributed by atoms with Crippen molar-refractivity contribution in [3.8, 4) is 5.75 Å². The molecule has 0 bridgehead atoms. The molecule has 0 saturated heterocycles. The first-order valence-corrected chi connectivity index (χ1v) is 10.6. The van der Waals surface area contributed by atoms with Crippen molar-refractivity contribution >= 4 is 33.7 Å². The molecule has 0 radical (unpaired) electrons. The average Bonchev–Trinajstić information content (AvgIpc) is 3.16. The van der Waals surface area contributed by atoms with Crippen LogP contribution in [0.2, 0.25) is 0 Å². The molecule has 0 unspecified atom stereocenters. The number of nitrogens with zero attached hydrogens (tertiary/aromatic N) is 2. The fraction of sp³-hybridized carbons (Fsp3) is 0.107. The SMILES string of the molecule is CCn1c2ccccc2c2cc(N=Cc3ccc(OCc4ccccc4)cc3)ccc21. The van der Waals surface area contributed by atoms with Crippen molar-refractivity contribution in [2.75, 3.05) is 0 Å². The van der Waals surface area contributed by atoms with E-state index in [2.05, 4.69) is 66.1 Å². The van der Waals surface area contributed by atoms with E-state index in [9.17, 15) is 0 Å². The summed E-state index contributed by atoms with van der Waals surface area (Å²) in [6.45, 7) is 3.70. The van der Waals surface area contributed by atoms with Crippen LogP contribution in [0.3, 0.4) is 0 Å². The molecule has 0 saturated carbocycles. The van der Waals surface area contributed by atoms with Crippen molar-refractivity contribution in [3.05, 3.63) is 108 Å². The highest BCUT2D eigenvalue weighted by Crippen LogP contribution is 2.31. The molecule has 31 heavy (non-hydrogen) atoms. The minimum Gasteiger partial charge on any atom is -0.489 e. The molecule has 152 valence electrons. The standard InChI is InChI=1S/C28H24N2O/c1-2-30-27-11-7-6-10-25(27)26-18-23(14-17-28(26)30)29-19-21-12-15-24(16-13-21)31-20-22-8-4-3-5-9-22/h3-19H,2,20H2,1H3. The predicted molar refractivity (Wildman–Crippen MR) is 130 cm³/mol. The largest absolute Gasteiger partial charge is 0.489 e. The molecule has 0 fully saturated rings. The van der Waals surface area contributed by atoms with Gasteiger partial charge in [-0.2, -0.15) is 0 Å². The monoisotopic (exact) mass is 404 g/mol. The van der Waals surface area contributed by atoms with Crippen LogP contribution in [0.5, 0.6) is 5.75 Å². The van der Waals surface area contributed by atoms with Crippen molar-refractivity contribution in [3.63, 3.8) is 0 Å². The maximum absolute atomic E-state index is 5.87. The number of aryl methyl sites for hydroxylation is 1. The maximum atomic E-state index is 5.87. The molecule has 3 heteroatoms. The molecule has 0 aliphatic carbocycles. The Hall–Kier alpha value is -3.85. The van der Waals surface area contributed by atoms with Crippen LogP contribution in [-0.2, 0) is 13.2 Å². The van der Waals surface area contributed by atoms with Crippen LogP contribution < -0.4 is 4.74 Å². The molecule has 0 amide bonds. The summed E-state index contributed by atoms with van der Waals surface area (Å²) in [4.78, 5) is 4.72. The lowest BCUT2D eigenvalue weighted by atomic mass is 10.1. The van der Waals surface area contributed by atoms with Crippen LogP contribution >= 0.6 is 0 Å². The summed E-state index contributed by atoms with van der Waals surface area (Å²) in [7, 11) is 0. The third kappa shape index (κ3) is 3.95. The molecule has 0 aliphatic rings. The van der Waals surface area contributed by atoms with E-state index in [1.165, 1.54) is 21.8 Å². The van der Waals surface area contributed by atoms with E-state index in [4.69, 9.17) is 9.73 Å². The molecule has 0 aliphatic heterocycles. The zero-order valence-electron chi connectivity index (χ0n) is 17.5. The van der Waals surface area contributed by atoms with Gasteiger partial charge in [0.1, 0.15) is 12.4 Å². The maximum Gasteiger partial charge on any atom is 0.119 e. The number of fused-ring (bicyclic) bond motifs is 3. The first-order chi connectivity index (χ1) is 15.3. The second-order valence-corrected chi connectivity index (χ2v) is 7.56. The van der Waals surface area contributed by atoms with Crippen LogP contribution in [0, 0.1) is 0 Å². The Morgan fingerprint density at radius 2 is 1.52 bits per heavy atom. The van der Waals surface area contributed by atoms with Crippen molar-refractivity contribution < 1.29 is 4.74 Å². The third-order valence-electron chi connectivity index (χ3n) is 5.56. The Labute approximate surface area is 182 Å². The number of aliphatic imine (C=N–C) groups is 1. The van der Waals surface area contributed by atoms with Crippen LogP contribution in [0.4, 0.5) is 5.69 Å². The molecule has 4 aromatic carbocycles.